The predicted octanol–water partition coefficient (Wildman–Crippen LogP) is 3.71. The van der Waals surface area contributed by atoms with Crippen LogP contribution in [-0.4, -0.2) is 57.1 Å². The third-order valence-electron chi connectivity index (χ3n) is 4.27. The molecule has 1 aromatic heterocycles. The molecule has 29 heavy (non-hydrogen) atoms. The van der Waals surface area contributed by atoms with E-state index in [1.807, 2.05) is 19.0 Å². The zero-order chi connectivity index (χ0) is 21.0. The lowest BCUT2D eigenvalue weighted by atomic mass is 10.3. The van der Waals surface area contributed by atoms with Gasteiger partial charge in [0.2, 0.25) is 5.91 Å². The summed E-state index contributed by atoms with van der Waals surface area (Å²) in [5.74, 6) is -1.09. The Balaban J connectivity index is 1.88. The maximum Gasteiger partial charge on any atom is 0.244 e. The average molecular weight is 452 g/mol. The molecule has 3 rings (SSSR count). The van der Waals surface area contributed by atoms with E-state index in [4.69, 9.17) is 11.6 Å². The van der Waals surface area contributed by atoms with Crippen LogP contribution in [0.5, 0.6) is 0 Å². The highest BCUT2D eigenvalue weighted by Gasteiger charge is 2.26. The minimum atomic E-state index is -3.74. The summed E-state index contributed by atoms with van der Waals surface area (Å²) >= 11 is 7.39. The summed E-state index contributed by atoms with van der Waals surface area (Å²) in [6, 6.07) is 13.3. The largest absolute Gasteiger partial charge is 0.309 e. The SMILES string of the molecule is CN(C)CCCN(C(=O)CS(=O)(=O)c1ccccc1)c1nc2ccc(Cl)cc2s1. The highest BCUT2D eigenvalue weighted by Crippen LogP contribution is 2.31. The number of anilines is 1. The van der Waals surface area contributed by atoms with Crippen molar-refractivity contribution >= 4 is 54.0 Å². The molecule has 0 unspecified atom stereocenters. The van der Waals surface area contributed by atoms with Crippen molar-refractivity contribution in [3.05, 3.63) is 53.6 Å². The topological polar surface area (TPSA) is 70.6 Å². The highest BCUT2D eigenvalue weighted by molar-refractivity contribution is 7.92. The molecule has 0 N–H and O–H groups in total. The number of carbonyl (C=O) groups excluding carboxylic acids is 1. The quantitative estimate of drug-likeness (QED) is 0.522. The monoisotopic (exact) mass is 451 g/mol. The number of benzene rings is 2. The molecule has 0 radical (unpaired) electrons. The van der Waals surface area contributed by atoms with Gasteiger partial charge in [0.25, 0.3) is 0 Å². The van der Waals surface area contributed by atoms with Crippen LogP contribution in [0.1, 0.15) is 6.42 Å². The van der Waals surface area contributed by atoms with Gasteiger partial charge in [0.05, 0.1) is 15.1 Å². The molecule has 0 atom stereocenters. The van der Waals surface area contributed by atoms with Gasteiger partial charge in [-0.1, -0.05) is 41.1 Å². The molecule has 0 aliphatic carbocycles. The number of rotatable bonds is 8. The number of aromatic nitrogens is 1. The summed E-state index contributed by atoms with van der Waals surface area (Å²) in [6.07, 6.45) is 0.695. The first-order valence-electron chi connectivity index (χ1n) is 9.05. The molecule has 9 heteroatoms. The van der Waals surface area contributed by atoms with Gasteiger partial charge >= 0.3 is 0 Å². The van der Waals surface area contributed by atoms with Gasteiger partial charge in [0.1, 0.15) is 5.75 Å². The average Bonchev–Trinajstić information content (AvgIpc) is 3.07. The Morgan fingerprint density at radius 2 is 1.83 bits per heavy atom. The maximum absolute atomic E-state index is 13.0. The number of thiazole rings is 1. The van der Waals surface area contributed by atoms with Crippen molar-refractivity contribution < 1.29 is 13.2 Å². The lowest BCUT2D eigenvalue weighted by Gasteiger charge is -2.21. The molecular formula is C20H22ClN3O3S2. The number of halogens is 1. The first-order valence-corrected chi connectivity index (χ1v) is 11.9. The van der Waals surface area contributed by atoms with Crippen LogP contribution in [0.15, 0.2) is 53.4 Å². The normalized spacial score (nSPS) is 11.9. The molecule has 154 valence electrons. The van der Waals surface area contributed by atoms with E-state index in [1.165, 1.54) is 28.4 Å². The van der Waals surface area contributed by atoms with Crippen molar-refractivity contribution in [3.8, 4) is 0 Å². The second-order valence-electron chi connectivity index (χ2n) is 6.88. The maximum atomic E-state index is 13.0. The van der Waals surface area contributed by atoms with Crippen LogP contribution in [0.3, 0.4) is 0 Å². The van der Waals surface area contributed by atoms with Crippen LogP contribution in [0.4, 0.5) is 5.13 Å². The van der Waals surface area contributed by atoms with E-state index in [2.05, 4.69) is 4.98 Å². The van der Waals surface area contributed by atoms with Crippen molar-refractivity contribution in [1.82, 2.24) is 9.88 Å². The third kappa shape index (κ3) is 5.54. The first-order chi connectivity index (χ1) is 13.8. The van der Waals surface area contributed by atoms with E-state index < -0.39 is 21.5 Å². The Morgan fingerprint density at radius 1 is 1.10 bits per heavy atom. The van der Waals surface area contributed by atoms with Crippen molar-refractivity contribution in [2.45, 2.75) is 11.3 Å². The van der Waals surface area contributed by atoms with Gasteiger partial charge in [0.15, 0.2) is 15.0 Å². The number of nitrogens with zero attached hydrogens (tertiary/aromatic N) is 3. The molecular weight excluding hydrogens is 430 g/mol. The predicted molar refractivity (Wildman–Crippen MR) is 119 cm³/mol. The fraction of sp³-hybridized carbons (Fsp3) is 0.300. The first kappa shape index (κ1) is 21.7. The number of fused-ring (bicyclic) bond motifs is 1. The molecule has 0 aliphatic heterocycles. The summed E-state index contributed by atoms with van der Waals surface area (Å²) in [5, 5.41) is 1.07. The fourth-order valence-electron chi connectivity index (χ4n) is 2.83. The van der Waals surface area contributed by atoms with Crippen LogP contribution < -0.4 is 4.90 Å². The molecule has 0 spiro atoms. The van der Waals surface area contributed by atoms with Gasteiger partial charge in [-0.2, -0.15) is 0 Å². The van der Waals surface area contributed by atoms with Gasteiger partial charge in [-0.3, -0.25) is 9.69 Å². The Hall–Kier alpha value is -2.00. The Morgan fingerprint density at radius 3 is 2.52 bits per heavy atom. The minimum Gasteiger partial charge on any atom is -0.309 e. The molecule has 1 heterocycles. The minimum absolute atomic E-state index is 0.137. The van der Waals surface area contributed by atoms with E-state index in [0.29, 0.717) is 23.1 Å². The number of sulfone groups is 1. The number of hydrogen-bond acceptors (Lipinski definition) is 6. The van der Waals surface area contributed by atoms with Crippen LogP contribution in [0.25, 0.3) is 10.2 Å². The van der Waals surface area contributed by atoms with Crippen LogP contribution in [-0.2, 0) is 14.6 Å². The van der Waals surface area contributed by atoms with Gasteiger partial charge in [-0.15, -0.1) is 0 Å². The lowest BCUT2D eigenvalue weighted by Crippen LogP contribution is -2.37. The van der Waals surface area contributed by atoms with Crippen LogP contribution in [0, 0.1) is 0 Å². The molecule has 3 aromatic rings. The van der Waals surface area contributed by atoms with E-state index in [0.717, 1.165) is 16.8 Å². The highest BCUT2D eigenvalue weighted by atomic mass is 35.5. The molecule has 1 amide bonds. The molecule has 2 aromatic carbocycles. The standard InChI is InChI=1S/C20H22ClN3O3S2/c1-23(2)11-6-12-24(20-22-17-10-9-15(21)13-18(17)28-20)19(25)14-29(26,27)16-7-4-3-5-8-16/h3-5,7-10,13H,6,11-12,14H2,1-2H3. The van der Waals surface area contributed by atoms with Gasteiger partial charge in [-0.05, 0) is 57.4 Å². The molecule has 6 nitrogen and oxygen atoms in total. The summed E-state index contributed by atoms with van der Waals surface area (Å²) in [5.41, 5.74) is 0.728. The van der Waals surface area contributed by atoms with Crippen molar-refractivity contribution in [1.29, 1.82) is 0 Å². The summed E-state index contributed by atoms with van der Waals surface area (Å²) in [6.45, 7) is 1.15. The van der Waals surface area contributed by atoms with Gasteiger partial charge in [0, 0.05) is 11.6 Å². The van der Waals surface area contributed by atoms with Crippen molar-refractivity contribution in [2.75, 3.05) is 37.8 Å². The zero-order valence-electron chi connectivity index (χ0n) is 16.2. The molecule has 0 saturated carbocycles. The number of carbonyl (C=O) groups is 1. The molecule has 0 saturated heterocycles. The molecule has 0 bridgehead atoms. The Bertz CT molecular complexity index is 1100. The molecule has 0 fully saturated rings. The van der Waals surface area contributed by atoms with Gasteiger partial charge < -0.3 is 4.90 Å². The van der Waals surface area contributed by atoms with Crippen molar-refractivity contribution in [3.63, 3.8) is 0 Å². The summed E-state index contributed by atoms with van der Waals surface area (Å²) in [4.78, 5) is 21.2. The van der Waals surface area contributed by atoms with E-state index in [9.17, 15) is 13.2 Å². The fourth-order valence-corrected chi connectivity index (χ4v) is 5.33. The zero-order valence-corrected chi connectivity index (χ0v) is 18.6. The number of amides is 1. The second-order valence-corrected chi connectivity index (χ2v) is 10.3. The third-order valence-corrected chi connectivity index (χ3v) is 7.17. The lowest BCUT2D eigenvalue weighted by molar-refractivity contribution is -0.116. The van der Waals surface area contributed by atoms with E-state index in [-0.39, 0.29) is 4.90 Å². The Kier molecular flexibility index (Phi) is 6.89. The van der Waals surface area contributed by atoms with Crippen molar-refractivity contribution in [2.24, 2.45) is 0 Å². The molecule has 0 aliphatic rings. The summed E-state index contributed by atoms with van der Waals surface area (Å²) in [7, 11) is 0.164. The second kappa shape index (κ2) is 9.21. The Labute approximate surface area is 179 Å². The smallest absolute Gasteiger partial charge is 0.244 e. The van der Waals surface area contributed by atoms with Gasteiger partial charge in [-0.25, -0.2) is 13.4 Å². The summed E-state index contributed by atoms with van der Waals surface area (Å²) < 4.78 is 26.2. The van der Waals surface area contributed by atoms with E-state index >= 15 is 0 Å². The number of hydrogen-bond donors (Lipinski definition) is 0. The van der Waals surface area contributed by atoms with E-state index in [1.54, 1.807) is 36.4 Å². The van der Waals surface area contributed by atoms with Crippen LogP contribution in [0.2, 0.25) is 5.02 Å². The van der Waals surface area contributed by atoms with Crippen LogP contribution >= 0.6 is 22.9 Å².